The van der Waals surface area contributed by atoms with E-state index >= 15 is 0 Å². The van der Waals surface area contributed by atoms with E-state index in [0.29, 0.717) is 5.69 Å². The molecule has 1 aliphatic carbocycles. The van der Waals surface area contributed by atoms with Gasteiger partial charge in [0.2, 0.25) is 11.8 Å². The second-order valence-electron chi connectivity index (χ2n) is 7.03. The molecule has 1 saturated heterocycles. The van der Waals surface area contributed by atoms with Gasteiger partial charge in [-0.2, -0.15) is 0 Å². The van der Waals surface area contributed by atoms with Gasteiger partial charge < -0.3 is 16.0 Å². The number of nitrogens with one attached hydrogen (secondary N) is 3. The molecule has 0 atom stereocenters. The van der Waals surface area contributed by atoms with E-state index in [0.717, 1.165) is 58.0 Å². The average molecular weight is 347 g/mol. The minimum Gasteiger partial charge on any atom is -0.326 e. The summed E-state index contributed by atoms with van der Waals surface area (Å²) in [6, 6.07) is 4.33. The van der Waals surface area contributed by atoms with Crippen molar-refractivity contribution in [2.45, 2.75) is 44.9 Å². The van der Waals surface area contributed by atoms with Crippen molar-refractivity contribution in [3.63, 3.8) is 0 Å². The van der Waals surface area contributed by atoms with Gasteiger partial charge >= 0.3 is 0 Å². The van der Waals surface area contributed by atoms with Gasteiger partial charge in [0, 0.05) is 17.5 Å². The van der Waals surface area contributed by atoms with Crippen molar-refractivity contribution in [2.75, 3.05) is 23.7 Å². The zero-order valence-electron chi connectivity index (χ0n) is 14.4. The van der Waals surface area contributed by atoms with Crippen LogP contribution in [0.3, 0.4) is 0 Å². The summed E-state index contributed by atoms with van der Waals surface area (Å²) in [6.07, 6.45) is 6.59. The SMILES string of the molecule is O=C(Nc1ccc(F)c(NC(=O)C2CCCCC2)c1)C1CCNCC1. The number of carbonyl (C=O) groups is 2. The summed E-state index contributed by atoms with van der Waals surface area (Å²) in [5, 5.41) is 8.77. The van der Waals surface area contributed by atoms with Gasteiger partial charge in [-0.1, -0.05) is 19.3 Å². The van der Waals surface area contributed by atoms with Crippen LogP contribution in [0, 0.1) is 17.7 Å². The zero-order chi connectivity index (χ0) is 17.6. The minimum absolute atomic E-state index is 0.0217. The number of hydrogen-bond donors (Lipinski definition) is 3. The van der Waals surface area contributed by atoms with Gasteiger partial charge in [-0.3, -0.25) is 9.59 Å². The number of amides is 2. The second kappa shape index (κ2) is 8.43. The van der Waals surface area contributed by atoms with Crippen LogP contribution in [0.1, 0.15) is 44.9 Å². The second-order valence-corrected chi connectivity index (χ2v) is 7.03. The van der Waals surface area contributed by atoms with Gasteiger partial charge in [-0.25, -0.2) is 4.39 Å². The fraction of sp³-hybridized carbons (Fsp3) is 0.579. The van der Waals surface area contributed by atoms with Crippen molar-refractivity contribution in [1.29, 1.82) is 0 Å². The van der Waals surface area contributed by atoms with Gasteiger partial charge in [0.25, 0.3) is 0 Å². The molecule has 1 aromatic rings. The smallest absolute Gasteiger partial charge is 0.227 e. The topological polar surface area (TPSA) is 70.2 Å². The van der Waals surface area contributed by atoms with Crippen LogP contribution in [0.15, 0.2) is 18.2 Å². The van der Waals surface area contributed by atoms with Crippen LogP contribution >= 0.6 is 0 Å². The van der Waals surface area contributed by atoms with Crippen molar-refractivity contribution in [3.05, 3.63) is 24.0 Å². The van der Waals surface area contributed by atoms with Gasteiger partial charge in [0.1, 0.15) is 5.82 Å². The molecule has 0 bridgehead atoms. The Kier molecular flexibility index (Phi) is 6.02. The Bertz CT molecular complexity index is 623. The Labute approximate surface area is 147 Å². The summed E-state index contributed by atoms with van der Waals surface area (Å²) >= 11 is 0. The van der Waals surface area contributed by atoms with E-state index < -0.39 is 5.82 Å². The van der Waals surface area contributed by atoms with Gasteiger partial charge in [0.15, 0.2) is 0 Å². The molecule has 2 aliphatic rings. The van der Waals surface area contributed by atoms with Crippen LogP contribution in [0.25, 0.3) is 0 Å². The molecule has 3 rings (SSSR count). The molecule has 3 N–H and O–H groups in total. The predicted octanol–water partition coefficient (Wildman–Crippen LogP) is 3.28. The maximum Gasteiger partial charge on any atom is 0.227 e. The summed E-state index contributed by atoms with van der Waals surface area (Å²) in [5.74, 6) is -0.713. The van der Waals surface area contributed by atoms with Gasteiger partial charge in [0.05, 0.1) is 5.69 Å². The molecule has 1 heterocycles. The third kappa shape index (κ3) is 4.78. The predicted molar refractivity (Wildman–Crippen MR) is 95.8 cm³/mol. The number of anilines is 2. The first-order valence-corrected chi connectivity index (χ1v) is 9.25. The van der Waals surface area contributed by atoms with Crippen molar-refractivity contribution in [3.8, 4) is 0 Å². The monoisotopic (exact) mass is 347 g/mol. The lowest BCUT2D eigenvalue weighted by Crippen LogP contribution is -2.34. The summed E-state index contributed by atoms with van der Waals surface area (Å²) < 4.78 is 14.1. The molecular weight excluding hydrogens is 321 g/mol. The van der Waals surface area contributed by atoms with E-state index in [1.165, 1.54) is 18.2 Å². The van der Waals surface area contributed by atoms with E-state index in [1.54, 1.807) is 0 Å². The van der Waals surface area contributed by atoms with Crippen LogP contribution in [0.2, 0.25) is 0 Å². The van der Waals surface area contributed by atoms with Gasteiger partial charge in [-0.05, 0) is 57.0 Å². The Balaban J connectivity index is 1.63. The molecule has 2 amide bonds. The highest BCUT2D eigenvalue weighted by Crippen LogP contribution is 2.27. The fourth-order valence-corrected chi connectivity index (χ4v) is 3.63. The lowest BCUT2D eigenvalue weighted by Gasteiger charge is -2.22. The Morgan fingerprint density at radius 1 is 0.920 bits per heavy atom. The quantitative estimate of drug-likeness (QED) is 0.783. The average Bonchev–Trinajstić information content (AvgIpc) is 2.66. The van der Waals surface area contributed by atoms with Crippen molar-refractivity contribution < 1.29 is 14.0 Å². The van der Waals surface area contributed by atoms with E-state index in [2.05, 4.69) is 16.0 Å². The van der Waals surface area contributed by atoms with E-state index in [1.807, 2.05) is 0 Å². The van der Waals surface area contributed by atoms with Crippen LogP contribution in [-0.2, 0) is 9.59 Å². The molecule has 25 heavy (non-hydrogen) atoms. The van der Waals surface area contributed by atoms with Gasteiger partial charge in [-0.15, -0.1) is 0 Å². The largest absolute Gasteiger partial charge is 0.326 e. The van der Waals surface area contributed by atoms with Crippen LogP contribution < -0.4 is 16.0 Å². The standard InChI is InChI=1S/C19H26FN3O2/c20-16-7-6-15(22-18(24)14-8-10-21-11-9-14)12-17(16)23-19(25)13-4-2-1-3-5-13/h6-7,12-14,21H,1-5,8-11H2,(H,22,24)(H,23,25). The molecule has 1 aliphatic heterocycles. The number of halogens is 1. The molecule has 1 aromatic carbocycles. The maximum absolute atomic E-state index is 14.1. The number of benzene rings is 1. The Morgan fingerprint density at radius 2 is 1.56 bits per heavy atom. The highest BCUT2D eigenvalue weighted by Gasteiger charge is 2.23. The zero-order valence-corrected chi connectivity index (χ0v) is 14.4. The summed E-state index contributed by atoms with van der Waals surface area (Å²) in [7, 11) is 0. The fourth-order valence-electron chi connectivity index (χ4n) is 3.63. The summed E-state index contributed by atoms with van der Waals surface area (Å²) in [5.41, 5.74) is 0.655. The number of piperidine rings is 1. The molecule has 0 spiro atoms. The Morgan fingerprint density at radius 3 is 2.28 bits per heavy atom. The Hall–Kier alpha value is -1.95. The lowest BCUT2D eigenvalue weighted by atomic mass is 9.88. The minimum atomic E-state index is -0.482. The number of rotatable bonds is 4. The molecule has 136 valence electrons. The number of carbonyl (C=O) groups excluding carboxylic acids is 2. The van der Waals surface area contributed by atoms with Crippen LogP contribution in [0.5, 0.6) is 0 Å². The van der Waals surface area contributed by atoms with E-state index in [9.17, 15) is 14.0 Å². The van der Waals surface area contributed by atoms with Crippen molar-refractivity contribution in [2.24, 2.45) is 11.8 Å². The molecular formula is C19H26FN3O2. The van der Waals surface area contributed by atoms with Crippen LogP contribution in [-0.4, -0.2) is 24.9 Å². The maximum atomic E-state index is 14.1. The molecule has 1 saturated carbocycles. The van der Waals surface area contributed by atoms with Crippen molar-refractivity contribution >= 4 is 23.2 Å². The first kappa shape index (κ1) is 17.9. The lowest BCUT2D eigenvalue weighted by molar-refractivity contribution is -0.121. The molecule has 0 aromatic heterocycles. The molecule has 0 radical (unpaired) electrons. The highest BCUT2D eigenvalue weighted by molar-refractivity contribution is 5.95. The first-order chi connectivity index (χ1) is 12.1. The molecule has 2 fully saturated rings. The van der Waals surface area contributed by atoms with Crippen molar-refractivity contribution in [1.82, 2.24) is 5.32 Å². The first-order valence-electron chi connectivity index (χ1n) is 9.25. The van der Waals surface area contributed by atoms with E-state index in [-0.39, 0.29) is 29.3 Å². The summed E-state index contributed by atoms with van der Waals surface area (Å²) in [6.45, 7) is 1.68. The summed E-state index contributed by atoms with van der Waals surface area (Å²) in [4.78, 5) is 24.6. The molecule has 5 nitrogen and oxygen atoms in total. The van der Waals surface area contributed by atoms with Crippen LogP contribution in [0.4, 0.5) is 15.8 Å². The van der Waals surface area contributed by atoms with E-state index in [4.69, 9.17) is 0 Å². The number of hydrogen-bond acceptors (Lipinski definition) is 3. The normalized spacial score (nSPS) is 19.4. The third-order valence-corrected chi connectivity index (χ3v) is 5.18. The highest BCUT2D eigenvalue weighted by atomic mass is 19.1. The molecule has 6 heteroatoms. The third-order valence-electron chi connectivity index (χ3n) is 5.18. The molecule has 0 unspecified atom stereocenters.